The maximum atomic E-state index is 3.99. The van der Waals surface area contributed by atoms with Crippen LogP contribution in [0.25, 0.3) is 0 Å². The van der Waals surface area contributed by atoms with Gasteiger partial charge in [-0.15, -0.1) is 0 Å². The quantitative estimate of drug-likeness (QED) is 0.757. The molecule has 1 aromatic rings. The van der Waals surface area contributed by atoms with Crippen molar-refractivity contribution in [2.75, 3.05) is 18.6 Å². The Kier molecular flexibility index (Phi) is 5.04. The molecular formula is C10H19N3S. The first-order valence-corrected chi connectivity index (χ1v) is 6.32. The molecule has 0 amide bonds. The number of nitrogens with one attached hydrogen (secondary N) is 2. The number of hydrogen-bond donors (Lipinski definition) is 2. The molecule has 0 spiro atoms. The minimum absolute atomic E-state index is 0.734. The molecule has 0 fully saturated rings. The summed E-state index contributed by atoms with van der Waals surface area (Å²) in [5, 5.41) is 10.4. The van der Waals surface area contributed by atoms with E-state index in [2.05, 4.69) is 35.6 Å². The molecule has 1 unspecified atom stereocenters. The van der Waals surface area contributed by atoms with Crippen LogP contribution in [0.3, 0.4) is 0 Å². The summed E-state index contributed by atoms with van der Waals surface area (Å²) in [5.74, 6) is 1.95. The highest BCUT2D eigenvalue weighted by molar-refractivity contribution is 7.98. The fourth-order valence-corrected chi connectivity index (χ4v) is 2.04. The molecule has 80 valence electrons. The van der Waals surface area contributed by atoms with E-state index < -0.39 is 0 Å². The van der Waals surface area contributed by atoms with Crippen molar-refractivity contribution >= 4 is 11.8 Å². The maximum Gasteiger partial charge on any atom is 0.0535 e. The van der Waals surface area contributed by atoms with E-state index in [0.29, 0.717) is 0 Å². The van der Waals surface area contributed by atoms with Gasteiger partial charge in [0.05, 0.1) is 6.20 Å². The van der Waals surface area contributed by atoms with Gasteiger partial charge in [-0.2, -0.15) is 16.9 Å². The van der Waals surface area contributed by atoms with Crippen molar-refractivity contribution in [1.29, 1.82) is 0 Å². The standard InChI is InChI=1S/C10H19N3S/c1-8(7-14-3)4-11-5-10-6-12-13-9(10)2/h6,8,11H,4-5,7H2,1-3H3,(H,12,13). The molecule has 3 nitrogen and oxygen atoms in total. The second-order valence-electron chi connectivity index (χ2n) is 3.71. The van der Waals surface area contributed by atoms with Gasteiger partial charge in [0.25, 0.3) is 0 Å². The van der Waals surface area contributed by atoms with Gasteiger partial charge in [-0.1, -0.05) is 6.92 Å². The molecule has 14 heavy (non-hydrogen) atoms. The summed E-state index contributed by atoms with van der Waals surface area (Å²) in [6.07, 6.45) is 4.04. The first-order valence-electron chi connectivity index (χ1n) is 4.92. The van der Waals surface area contributed by atoms with Crippen molar-refractivity contribution in [3.8, 4) is 0 Å². The number of hydrogen-bond acceptors (Lipinski definition) is 3. The van der Waals surface area contributed by atoms with E-state index >= 15 is 0 Å². The minimum atomic E-state index is 0.734. The fraction of sp³-hybridized carbons (Fsp3) is 0.700. The van der Waals surface area contributed by atoms with Crippen LogP contribution in [0.15, 0.2) is 6.20 Å². The predicted molar refractivity (Wildman–Crippen MR) is 62.6 cm³/mol. The second kappa shape index (κ2) is 6.09. The largest absolute Gasteiger partial charge is 0.312 e. The summed E-state index contributed by atoms with van der Waals surface area (Å²) >= 11 is 1.90. The summed E-state index contributed by atoms with van der Waals surface area (Å²) in [6.45, 7) is 6.31. The van der Waals surface area contributed by atoms with Crippen molar-refractivity contribution < 1.29 is 0 Å². The lowest BCUT2D eigenvalue weighted by atomic mass is 10.2. The molecule has 1 rings (SSSR count). The van der Waals surface area contributed by atoms with Gasteiger partial charge in [0.1, 0.15) is 0 Å². The van der Waals surface area contributed by atoms with Crippen LogP contribution in [0, 0.1) is 12.8 Å². The molecular weight excluding hydrogens is 194 g/mol. The van der Waals surface area contributed by atoms with E-state index in [1.165, 1.54) is 11.3 Å². The van der Waals surface area contributed by atoms with E-state index in [9.17, 15) is 0 Å². The van der Waals surface area contributed by atoms with Crippen LogP contribution in [0.5, 0.6) is 0 Å². The Morgan fingerprint density at radius 1 is 1.64 bits per heavy atom. The van der Waals surface area contributed by atoms with Crippen LogP contribution in [0.2, 0.25) is 0 Å². The summed E-state index contributed by atoms with van der Waals surface area (Å²) < 4.78 is 0. The van der Waals surface area contributed by atoms with Gasteiger partial charge < -0.3 is 5.32 Å². The molecule has 0 saturated carbocycles. The molecule has 0 aliphatic rings. The second-order valence-corrected chi connectivity index (χ2v) is 4.62. The Bertz CT molecular complexity index is 260. The molecule has 2 N–H and O–H groups in total. The summed E-state index contributed by atoms with van der Waals surface area (Å²) in [5.41, 5.74) is 2.43. The summed E-state index contributed by atoms with van der Waals surface area (Å²) in [6, 6.07) is 0. The molecule has 0 aliphatic heterocycles. The lowest BCUT2D eigenvalue weighted by Gasteiger charge is -2.10. The molecule has 1 heterocycles. The average molecular weight is 213 g/mol. The molecule has 0 aliphatic carbocycles. The topological polar surface area (TPSA) is 40.7 Å². The van der Waals surface area contributed by atoms with Crippen LogP contribution >= 0.6 is 11.8 Å². The van der Waals surface area contributed by atoms with E-state index in [-0.39, 0.29) is 0 Å². The normalized spacial score (nSPS) is 13.1. The monoisotopic (exact) mass is 213 g/mol. The zero-order valence-corrected chi connectivity index (χ0v) is 9.95. The Hall–Kier alpha value is -0.480. The summed E-state index contributed by atoms with van der Waals surface area (Å²) in [4.78, 5) is 0. The third-order valence-corrected chi connectivity index (χ3v) is 3.10. The molecule has 0 saturated heterocycles. The van der Waals surface area contributed by atoms with Crippen LogP contribution in [-0.4, -0.2) is 28.8 Å². The van der Waals surface area contributed by atoms with Gasteiger partial charge >= 0.3 is 0 Å². The smallest absolute Gasteiger partial charge is 0.0535 e. The molecule has 0 radical (unpaired) electrons. The highest BCUT2D eigenvalue weighted by Gasteiger charge is 2.02. The van der Waals surface area contributed by atoms with Gasteiger partial charge in [-0.25, -0.2) is 0 Å². The van der Waals surface area contributed by atoms with Crippen molar-refractivity contribution in [3.05, 3.63) is 17.5 Å². The Morgan fingerprint density at radius 3 is 3.00 bits per heavy atom. The van der Waals surface area contributed by atoms with E-state index in [1.807, 2.05) is 18.0 Å². The van der Waals surface area contributed by atoms with Crippen molar-refractivity contribution in [3.63, 3.8) is 0 Å². The van der Waals surface area contributed by atoms with Crippen molar-refractivity contribution in [2.24, 2.45) is 5.92 Å². The van der Waals surface area contributed by atoms with E-state index in [4.69, 9.17) is 0 Å². The number of rotatable bonds is 6. The minimum Gasteiger partial charge on any atom is -0.312 e. The van der Waals surface area contributed by atoms with Crippen LogP contribution in [0.1, 0.15) is 18.2 Å². The Labute approximate surface area is 90.1 Å². The number of nitrogens with zero attached hydrogens (tertiary/aromatic N) is 1. The third kappa shape index (κ3) is 3.72. The number of thioether (sulfide) groups is 1. The fourth-order valence-electron chi connectivity index (χ4n) is 1.35. The summed E-state index contributed by atoms with van der Waals surface area (Å²) in [7, 11) is 0. The lowest BCUT2D eigenvalue weighted by Crippen LogP contribution is -2.22. The first-order chi connectivity index (χ1) is 6.74. The van der Waals surface area contributed by atoms with Gasteiger partial charge in [0, 0.05) is 17.8 Å². The van der Waals surface area contributed by atoms with Crippen LogP contribution < -0.4 is 5.32 Å². The SMILES string of the molecule is CSCC(C)CNCc1cn[nH]c1C. The van der Waals surface area contributed by atoms with Gasteiger partial charge in [0.2, 0.25) is 0 Å². The first kappa shape index (κ1) is 11.6. The van der Waals surface area contributed by atoms with Crippen molar-refractivity contribution in [2.45, 2.75) is 20.4 Å². The number of H-pyrrole nitrogens is 1. The number of aromatic amines is 1. The third-order valence-electron chi connectivity index (χ3n) is 2.19. The number of aromatic nitrogens is 2. The molecule has 0 bridgehead atoms. The highest BCUT2D eigenvalue weighted by Crippen LogP contribution is 2.04. The van der Waals surface area contributed by atoms with Gasteiger partial charge in [-0.05, 0) is 31.4 Å². The van der Waals surface area contributed by atoms with Crippen LogP contribution in [-0.2, 0) is 6.54 Å². The molecule has 0 aromatic carbocycles. The molecule has 1 atom stereocenters. The maximum absolute atomic E-state index is 3.99. The van der Waals surface area contributed by atoms with E-state index in [0.717, 1.165) is 24.7 Å². The van der Waals surface area contributed by atoms with Gasteiger partial charge in [0.15, 0.2) is 0 Å². The zero-order valence-electron chi connectivity index (χ0n) is 9.13. The van der Waals surface area contributed by atoms with E-state index in [1.54, 1.807) is 0 Å². The highest BCUT2D eigenvalue weighted by atomic mass is 32.2. The molecule has 1 aromatic heterocycles. The van der Waals surface area contributed by atoms with Gasteiger partial charge in [-0.3, -0.25) is 5.10 Å². The lowest BCUT2D eigenvalue weighted by molar-refractivity contribution is 0.558. The Morgan fingerprint density at radius 2 is 2.43 bits per heavy atom. The Balaban J connectivity index is 2.19. The number of aryl methyl sites for hydroxylation is 1. The zero-order chi connectivity index (χ0) is 10.4. The molecule has 4 heteroatoms. The van der Waals surface area contributed by atoms with Crippen LogP contribution in [0.4, 0.5) is 0 Å². The van der Waals surface area contributed by atoms with Crippen molar-refractivity contribution in [1.82, 2.24) is 15.5 Å². The predicted octanol–water partition coefficient (Wildman–Crippen LogP) is 1.81. The average Bonchev–Trinajstić information content (AvgIpc) is 2.52.